The second-order valence-electron chi connectivity index (χ2n) is 17.4. The van der Waals surface area contributed by atoms with Gasteiger partial charge in [0.2, 0.25) is 0 Å². The fraction of sp³-hybridized carbons (Fsp3) is 0.318. The number of rotatable bonds is 7. The Bertz CT molecular complexity index is 2870. The number of amides is 1. The molecule has 0 saturated heterocycles. The summed E-state index contributed by atoms with van der Waals surface area (Å²) in [6.45, 7) is 7.98. The van der Waals surface area contributed by atoms with E-state index in [-0.39, 0.29) is 51.8 Å². The van der Waals surface area contributed by atoms with Crippen LogP contribution >= 0.6 is 0 Å². The van der Waals surface area contributed by atoms with E-state index >= 15 is 17.6 Å². The molecule has 0 radical (unpaired) electrons. The van der Waals surface area contributed by atoms with Crippen molar-refractivity contribution in [2.75, 3.05) is 0 Å². The third-order valence-electron chi connectivity index (χ3n) is 14.4. The molecule has 0 aliphatic heterocycles. The molecule has 1 unspecified atom stereocenters. The molecular formula is C44H35F4N9O3. The summed E-state index contributed by atoms with van der Waals surface area (Å²) in [7, 11) is 0. The van der Waals surface area contributed by atoms with Crippen LogP contribution in [0.2, 0.25) is 0 Å². The normalized spacial score (nSPS) is 25.0. The van der Waals surface area contributed by atoms with E-state index < -0.39 is 68.6 Å². The molecule has 2 aromatic carbocycles. The van der Waals surface area contributed by atoms with Crippen LogP contribution in [0.3, 0.4) is 0 Å². The lowest BCUT2D eigenvalue weighted by Gasteiger charge is -2.37. The summed E-state index contributed by atoms with van der Waals surface area (Å²) < 4.78 is 64.0. The summed E-state index contributed by atoms with van der Waals surface area (Å²) in [6.07, 6.45) is 6.93. The second kappa shape index (κ2) is 12.5. The van der Waals surface area contributed by atoms with Crippen LogP contribution in [-0.4, -0.2) is 57.3 Å². The summed E-state index contributed by atoms with van der Waals surface area (Å²) in [5.74, 6) is -6.81. The van der Waals surface area contributed by atoms with Gasteiger partial charge in [-0.05, 0) is 94.9 Å². The molecule has 10 rings (SSSR count). The Morgan fingerprint density at radius 3 is 1.95 bits per heavy atom. The van der Waals surface area contributed by atoms with Gasteiger partial charge in [-0.25, -0.2) is 32.3 Å². The van der Waals surface area contributed by atoms with E-state index in [2.05, 4.69) is 40.3 Å². The number of primary amides is 1. The molecule has 3 N–H and O–H groups in total. The number of hydrogen-bond donors (Lipinski definition) is 2. The Morgan fingerprint density at radius 2 is 1.28 bits per heavy atom. The summed E-state index contributed by atoms with van der Waals surface area (Å²) in [4.78, 5) is 41.8. The van der Waals surface area contributed by atoms with Crippen LogP contribution in [0.4, 0.5) is 17.6 Å². The van der Waals surface area contributed by atoms with Gasteiger partial charge in [0, 0.05) is 12.4 Å². The summed E-state index contributed by atoms with van der Waals surface area (Å²) >= 11 is 0. The highest BCUT2D eigenvalue weighted by Gasteiger charge is 2.69. The Kier molecular flexibility index (Phi) is 7.83. The number of hydrogen-bond acceptors (Lipinski definition) is 10. The third kappa shape index (κ3) is 4.66. The van der Waals surface area contributed by atoms with E-state index in [1.807, 2.05) is 27.7 Å². The number of aromatic nitrogens is 8. The predicted molar refractivity (Wildman–Crippen MR) is 206 cm³/mol. The minimum absolute atomic E-state index is 0.0183. The van der Waals surface area contributed by atoms with Crippen LogP contribution in [0.15, 0.2) is 67.3 Å². The number of carbonyl (C=O) groups is 2. The van der Waals surface area contributed by atoms with Gasteiger partial charge in [-0.2, -0.15) is 10.2 Å². The van der Waals surface area contributed by atoms with Crippen LogP contribution in [-0.2, 0) is 10.8 Å². The van der Waals surface area contributed by atoms with E-state index in [0.717, 1.165) is 17.7 Å². The summed E-state index contributed by atoms with van der Waals surface area (Å²) in [5.41, 5.74) is 4.32. The zero-order valence-corrected chi connectivity index (χ0v) is 32.6. The van der Waals surface area contributed by atoms with Crippen molar-refractivity contribution >= 4 is 11.9 Å². The molecule has 4 heterocycles. The van der Waals surface area contributed by atoms with Gasteiger partial charge in [-0.15, -0.1) is 10.2 Å². The van der Waals surface area contributed by atoms with Crippen LogP contribution in [0.5, 0.6) is 0 Å². The van der Waals surface area contributed by atoms with Crippen molar-refractivity contribution in [3.8, 4) is 22.5 Å². The lowest BCUT2D eigenvalue weighted by molar-refractivity contribution is 0.0688. The summed E-state index contributed by atoms with van der Waals surface area (Å²) in [5, 5.41) is 27.6. The fourth-order valence-electron chi connectivity index (χ4n) is 11.6. The van der Waals surface area contributed by atoms with Gasteiger partial charge in [-0.1, -0.05) is 39.8 Å². The lowest BCUT2D eigenvalue weighted by atomic mass is 9.66. The first-order valence-corrected chi connectivity index (χ1v) is 19.4. The molecule has 16 heteroatoms. The highest BCUT2D eigenvalue weighted by Crippen LogP contribution is 2.74. The predicted octanol–water partition coefficient (Wildman–Crippen LogP) is 7.33. The van der Waals surface area contributed by atoms with Crippen molar-refractivity contribution in [3.05, 3.63) is 141 Å². The molecule has 4 aromatic heterocycles. The number of carbonyl (C=O) groups excluding carboxylic acids is 1. The fourth-order valence-corrected chi connectivity index (χ4v) is 11.6. The zero-order valence-electron chi connectivity index (χ0n) is 32.6. The van der Waals surface area contributed by atoms with E-state index in [9.17, 15) is 14.7 Å². The van der Waals surface area contributed by atoms with Gasteiger partial charge in [0.05, 0.1) is 68.5 Å². The quantitative estimate of drug-likeness (QED) is 0.154. The van der Waals surface area contributed by atoms with Gasteiger partial charge < -0.3 is 10.8 Å². The highest BCUT2D eigenvalue weighted by atomic mass is 19.1. The zero-order chi connectivity index (χ0) is 42.3. The number of nitrogens with zero attached hydrogens (tertiary/aromatic N) is 8. The van der Waals surface area contributed by atoms with E-state index in [4.69, 9.17) is 5.73 Å². The molecule has 12 nitrogen and oxygen atoms in total. The van der Waals surface area contributed by atoms with Crippen LogP contribution in [0, 0.1) is 34.1 Å². The maximum atomic E-state index is 17.5. The van der Waals surface area contributed by atoms with Crippen molar-refractivity contribution in [1.29, 1.82) is 0 Å². The maximum Gasteiger partial charge on any atom is 0.356 e. The number of carboxylic acid groups (broad SMARTS) is 1. The van der Waals surface area contributed by atoms with Crippen molar-refractivity contribution in [2.45, 2.75) is 75.5 Å². The van der Waals surface area contributed by atoms with Crippen molar-refractivity contribution in [3.63, 3.8) is 0 Å². The number of benzene rings is 2. The van der Waals surface area contributed by atoms with Gasteiger partial charge in [0.1, 0.15) is 29.0 Å². The molecule has 2 fully saturated rings. The SMILES string of the molecule is CC1(C)[C@@H]2c3cc(-c4c(F)cccc4F)nnc3[C@@]1(c1cncc(C(N)=O)n1)CC2c1ccc(F)c(-c2cc3c(nn2)[C@@]2(c4cncc(C(=O)O)n4)CC[C@@H]3C2(C)C)c1F. The number of nitrogens with two attached hydrogens (primary N) is 1. The molecule has 4 aliphatic rings. The molecular weight excluding hydrogens is 779 g/mol. The Morgan fingerprint density at radius 1 is 0.700 bits per heavy atom. The average molecular weight is 814 g/mol. The molecule has 60 heavy (non-hydrogen) atoms. The first-order chi connectivity index (χ1) is 28.5. The van der Waals surface area contributed by atoms with Gasteiger partial charge in [-0.3, -0.25) is 14.8 Å². The number of carboxylic acids is 1. The average Bonchev–Trinajstić information content (AvgIpc) is 3.78. The van der Waals surface area contributed by atoms with Crippen molar-refractivity contribution in [2.24, 2.45) is 16.6 Å². The van der Waals surface area contributed by atoms with Gasteiger partial charge in [0.25, 0.3) is 5.91 Å². The molecule has 5 atom stereocenters. The van der Waals surface area contributed by atoms with Crippen LogP contribution in [0.25, 0.3) is 22.5 Å². The molecule has 1 amide bonds. The molecule has 4 bridgehead atoms. The first-order valence-electron chi connectivity index (χ1n) is 19.4. The number of fused-ring (bicyclic) bond motifs is 10. The molecule has 302 valence electrons. The van der Waals surface area contributed by atoms with Gasteiger partial charge >= 0.3 is 5.97 Å². The van der Waals surface area contributed by atoms with Crippen LogP contribution < -0.4 is 5.73 Å². The smallest absolute Gasteiger partial charge is 0.356 e. The van der Waals surface area contributed by atoms with Gasteiger partial charge in [0.15, 0.2) is 5.69 Å². The number of halogens is 4. The molecule has 2 saturated carbocycles. The van der Waals surface area contributed by atoms with Crippen molar-refractivity contribution < 1.29 is 32.3 Å². The topological polar surface area (TPSA) is 184 Å². The minimum atomic E-state index is -1.22. The van der Waals surface area contributed by atoms with Crippen molar-refractivity contribution in [1.82, 2.24) is 40.3 Å². The maximum absolute atomic E-state index is 17.5. The van der Waals surface area contributed by atoms with Crippen LogP contribution in [0.1, 0.15) is 125 Å². The lowest BCUT2D eigenvalue weighted by Crippen LogP contribution is -2.38. The first kappa shape index (κ1) is 37.7. The third-order valence-corrected chi connectivity index (χ3v) is 14.4. The van der Waals surface area contributed by atoms with E-state index in [1.54, 1.807) is 18.3 Å². The van der Waals surface area contributed by atoms with E-state index in [0.29, 0.717) is 41.2 Å². The minimum Gasteiger partial charge on any atom is -0.476 e. The standard InChI is InChI=1S/C44H35F4N9O3/c1-41(2)23-10-11-43(41,31-17-51-16-30(53-31)40(59)60)37-20(23)12-28(55-56-37)34-26(47)9-8-19(36(34)48)22-14-44(32-18-50-15-29(52-32)39(49)58)38-21(35(22)42(44,3)4)13-27(54-57-38)33-24(45)6-5-7-25(33)46/h5-9,12-13,15-18,22-23,35H,10-11,14H2,1-4H3,(H2,49,58)(H,59,60)/t22?,23-,35+,43-,44-/m0/s1. The highest BCUT2D eigenvalue weighted by molar-refractivity contribution is 5.90. The Hall–Kier alpha value is -6.58. The molecule has 6 aromatic rings. The van der Waals surface area contributed by atoms with E-state index in [1.165, 1.54) is 36.8 Å². The second-order valence-corrected chi connectivity index (χ2v) is 17.4. The monoisotopic (exact) mass is 813 g/mol. The largest absolute Gasteiger partial charge is 0.476 e. The number of aromatic carboxylic acids is 1. The molecule has 0 spiro atoms. The molecule has 4 aliphatic carbocycles. The Balaban J connectivity index is 1.13. The summed E-state index contributed by atoms with van der Waals surface area (Å²) in [6, 6.07) is 9.31. The Labute approximate surface area is 339 Å².